The van der Waals surface area contributed by atoms with Gasteiger partial charge in [0, 0.05) is 22.1 Å². The minimum absolute atomic E-state index is 0.118. The van der Waals surface area contributed by atoms with Crippen molar-refractivity contribution in [2.45, 2.75) is 44.1 Å². The number of benzene rings is 1. The number of aliphatic hydroxyl groups excluding tert-OH is 1. The smallest absolute Gasteiger partial charge is 0.127 e. The van der Waals surface area contributed by atoms with Crippen molar-refractivity contribution in [2.24, 2.45) is 0 Å². The van der Waals surface area contributed by atoms with Crippen LogP contribution in [-0.2, 0) is 0 Å². The molecule has 1 aliphatic carbocycles. The molecule has 3 atom stereocenters. The van der Waals surface area contributed by atoms with Crippen molar-refractivity contribution in [3.05, 3.63) is 27.8 Å². The minimum atomic E-state index is -0.297. The molecule has 1 aromatic carbocycles. The third kappa shape index (κ3) is 2.22. The summed E-state index contributed by atoms with van der Waals surface area (Å²) in [4.78, 5) is 0. The lowest BCUT2D eigenvalue weighted by Crippen LogP contribution is -2.30. The fraction of sp³-hybridized carbons (Fsp3) is 0.571. The first-order chi connectivity index (χ1) is 8.47. The van der Waals surface area contributed by atoms with E-state index >= 15 is 0 Å². The van der Waals surface area contributed by atoms with Gasteiger partial charge >= 0.3 is 0 Å². The van der Waals surface area contributed by atoms with Crippen LogP contribution in [0.25, 0.3) is 0 Å². The Kier molecular flexibility index (Phi) is 4.10. The van der Waals surface area contributed by atoms with Gasteiger partial charge in [0.05, 0.1) is 18.6 Å². The second-order valence-electron chi connectivity index (χ2n) is 4.89. The number of rotatable bonds is 3. The molecule has 0 saturated heterocycles. The van der Waals surface area contributed by atoms with Crippen molar-refractivity contribution in [3.8, 4) is 5.75 Å². The Hall–Kier alpha value is -0.440. The molecule has 3 unspecified atom stereocenters. The van der Waals surface area contributed by atoms with Gasteiger partial charge in [-0.1, -0.05) is 11.6 Å². The van der Waals surface area contributed by atoms with Crippen molar-refractivity contribution in [1.29, 1.82) is 0 Å². The van der Waals surface area contributed by atoms with E-state index in [0.717, 1.165) is 35.3 Å². The number of ether oxygens (including phenoxy) is 1. The van der Waals surface area contributed by atoms with E-state index < -0.39 is 0 Å². The van der Waals surface area contributed by atoms with Gasteiger partial charge in [-0.3, -0.25) is 0 Å². The first-order valence-corrected chi connectivity index (χ1v) is 6.97. The summed E-state index contributed by atoms with van der Waals surface area (Å²) in [6, 6.07) is 1.86. The third-order valence-corrected chi connectivity index (χ3v) is 4.42. The van der Waals surface area contributed by atoms with E-state index in [2.05, 4.69) is 0 Å². The van der Waals surface area contributed by atoms with Gasteiger partial charge in [-0.05, 0) is 38.3 Å². The number of hydrogen-bond donors (Lipinski definition) is 1. The second-order valence-corrected chi connectivity index (χ2v) is 5.95. The molecule has 0 amide bonds. The van der Waals surface area contributed by atoms with Gasteiger partial charge in [-0.25, -0.2) is 0 Å². The van der Waals surface area contributed by atoms with E-state index in [1.807, 2.05) is 19.9 Å². The predicted molar refractivity (Wildman–Crippen MR) is 75.0 cm³/mol. The van der Waals surface area contributed by atoms with E-state index in [1.54, 1.807) is 7.11 Å². The summed E-state index contributed by atoms with van der Waals surface area (Å²) in [6.07, 6.45) is 1.51. The molecular formula is C14H18Cl2O2. The van der Waals surface area contributed by atoms with Gasteiger partial charge in [0.1, 0.15) is 5.75 Å². The van der Waals surface area contributed by atoms with Crippen molar-refractivity contribution in [2.75, 3.05) is 7.11 Å². The first-order valence-electron chi connectivity index (χ1n) is 6.16. The fourth-order valence-electron chi connectivity index (χ4n) is 2.55. The molecule has 100 valence electrons. The van der Waals surface area contributed by atoms with Crippen LogP contribution in [0.1, 0.15) is 47.8 Å². The lowest BCUT2D eigenvalue weighted by atomic mass is 9.74. The Morgan fingerprint density at radius 1 is 1.44 bits per heavy atom. The molecule has 1 N–H and O–H groups in total. The Bertz CT molecular complexity index is 458. The SMILES string of the molecule is COc1c(C(C)Cl)cc(Cl)c(C)c1C1CCC1O. The Labute approximate surface area is 118 Å². The normalized spacial score (nSPS) is 24.6. The lowest BCUT2D eigenvalue weighted by Gasteiger charge is -2.35. The molecule has 0 aliphatic heterocycles. The summed E-state index contributed by atoms with van der Waals surface area (Å²) < 4.78 is 5.52. The van der Waals surface area contributed by atoms with Gasteiger partial charge in [-0.15, -0.1) is 11.6 Å². The molecule has 2 nitrogen and oxygen atoms in total. The maximum atomic E-state index is 9.89. The molecule has 1 aromatic rings. The molecule has 0 spiro atoms. The molecule has 4 heteroatoms. The number of methoxy groups -OCH3 is 1. The van der Waals surface area contributed by atoms with Crippen LogP contribution in [0.5, 0.6) is 5.75 Å². The highest BCUT2D eigenvalue weighted by Crippen LogP contribution is 2.47. The molecule has 1 saturated carbocycles. The maximum absolute atomic E-state index is 9.89. The van der Waals surface area contributed by atoms with E-state index in [4.69, 9.17) is 27.9 Å². The van der Waals surface area contributed by atoms with Crippen molar-refractivity contribution in [1.82, 2.24) is 0 Å². The van der Waals surface area contributed by atoms with E-state index in [1.165, 1.54) is 0 Å². The largest absolute Gasteiger partial charge is 0.496 e. The number of alkyl halides is 1. The molecule has 1 aliphatic rings. The summed E-state index contributed by atoms with van der Waals surface area (Å²) in [5, 5.41) is 10.4. The minimum Gasteiger partial charge on any atom is -0.496 e. The number of aliphatic hydroxyl groups is 1. The van der Waals surface area contributed by atoms with Gasteiger partial charge < -0.3 is 9.84 Å². The Morgan fingerprint density at radius 3 is 2.50 bits per heavy atom. The number of halogens is 2. The highest BCUT2D eigenvalue weighted by atomic mass is 35.5. The monoisotopic (exact) mass is 288 g/mol. The zero-order valence-corrected chi connectivity index (χ0v) is 12.3. The molecule has 2 rings (SSSR count). The zero-order valence-electron chi connectivity index (χ0n) is 10.8. The van der Waals surface area contributed by atoms with Crippen LogP contribution in [0.3, 0.4) is 0 Å². The highest BCUT2D eigenvalue weighted by molar-refractivity contribution is 6.31. The topological polar surface area (TPSA) is 29.5 Å². The molecule has 18 heavy (non-hydrogen) atoms. The first kappa shape index (κ1) is 14.0. The zero-order chi connectivity index (χ0) is 13.4. The second kappa shape index (κ2) is 5.28. The standard InChI is InChI=1S/C14H18Cl2O2/c1-7-11(16)6-10(8(2)15)14(18-3)13(7)9-4-5-12(9)17/h6,8-9,12,17H,4-5H2,1-3H3. The molecule has 0 radical (unpaired) electrons. The van der Waals surface area contributed by atoms with E-state index in [-0.39, 0.29) is 17.4 Å². The summed E-state index contributed by atoms with van der Waals surface area (Å²) in [6.45, 7) is 3.86. The van der Waals surface area contributed by atoms with E-state index in [0.29, 0.717) is 5.02 Å². The average molecular weight is 289 g/mol. The molecule has 1 fully saturated rings. The van der Waals surface area contributed by atoms with Crippen LogP contribution in [0.4, 0.5) is 0 Å². The van der Waals surface area contributed by atoms with Crippen molar-refractivity contribution < 1.29 is 9.84 Å². The predicted octanol–water partition coefficient (Wildman–Crippen LogP) is 4.20. The highest BCUT2D eigenvalue weighted by Gasteiger charge is 2.35. The van der Waals surface area contributed by atoms with Gasteiger partial charge in [0.2, 0.25) is 0 Å². The van der Waals surface area contributed by atoms with Crippen LogP contribution in [0.2, 0.25) is 5.02 Å². The van der Waals surface area contributed by atoms with Crippen LogP contribution in [0, 0.1) is 6.92 Å². The Balaban J connectivity index is 2.60. The van der Waals surface area contributed by atoms with Gasteiger partial charge in [0.15, 0.2) is 0 Å². The Morgan fingerprint density at radius 2 is 2.11 bits per heavy atom. The average Bonchev–Trinajstić information content (AvgIpc) is 2.32. The van der Waals surface area contributed by atoms with Crippen LogP contribution in [0.15, 0.2) is 6.07 Å². The third-order valence-electron chi connectivity index (χ3n) is 3.79. The van der Waals surface area contributed by atoms with Crippen LogP contribution >= 0.6 is 23.2 Å². The maximum Gasteiger partial charge on any atom is 0.127 e. The summed E-state index contributed by atoms with van der Waals surface area (Å²) in [7, 11) is 1.64. The summed E-state index contributed by atoms with van der Waals surface area (Å²) in [5.74, 6) is 0.899. The van der Waals surface area contributed by atoms with Crippen molar-refractivity contribution in [3.63, 3.8) is 0 Å². The molecule has 0 bridgehead atoms. The lowest BCUT2D eigenvalue weighted by molar-refractivity contribution is 0.0646. The van der Waals surface area contributed by atoms with Crippen LogP contribution in [-0.4, -0.2) is 18.3 Å². The molecule has 0 aromatic heterocycles. The van der Waals surface area contributed by atoms with Crippen LogP contribution < -0.4 is 4.74 Å². The van der Waals surface area contributed by atoms with Gasteiger partial charge in [-0.2, -0.15) is 0 Å². The van der Waals surface area contributed by atoms with Gasteiger partial charge in [0.25, 0.3) is 0 Å². The molecule has 0 heterocycles. The quantitative estimate of drug-likeness (QED) is 0.845. The number of hydrogen-bond acceptors (Lipinski definition) is 2. The molecular weight excluding hydrogens is 271 g/mol. The summed E-state index contributed by atoms with van der Waals surface area (Å²) in [5.41, 5.74) is 2.90. The summed E-state index contributed by atoms with van der Waals surface area (Å²) >= 11 is 12.5. The fourth-order valence-corrected chi connectivity index (χ4v) is 2.94. The van der Waals surface area contributed by atoms with Crippen molar-refractivity contribution >= 4 is 23.2 Å². The van der Waals surface area contributed by atoms with E-state index in [9.17, 15) is 5.11 Å².